The molecule has 1 aromatic rings. The highest BCUT2D eigenvalue weighted by molar-refractivity contribution is 5.51. The van der Waals surface area contributed by atoms with Crippen LogP contribution >= 0.6 is 0 Å². The maximum atomic E-state index is 5.80. The predicted molar refractivity (Wildman–Crippen MR) is 75.3 cm³/mol. The van der Waals surface area contributed by atoms with E-state index >= 15 is 0 Å². The molecule has 2 rings (SSSR count). The van der Waals surface area contributed by atoms with Crippen molar-refractivity contribution < 1.29 is 14.2 Å². The SMILES string of the molecule is COc1cccc(OC)c1OCCNC1CCCC1. The number of ether oxygens (including phenoxy) is 3. The molecule has 1 aliphatic carbocycles. The van der Waals surface area contributed by atoms with Crippen molar-refractivity contribution in [3.05, 3.63) is 18.2 Å². The van der Waals surface area contributed by atoms with Crippen molar-refractivity contribution in [2.75, 3.05) is 27.4 Å². The van der Waals surface area contributed by atoms with Crippen LogP contribution in [0.3, 0.4) is 0 Å². The monoisotopic (exact) mass is 265 g/mol. The fraction of sp³-hybridized carbons (Fsp3) is 0.600. The van der Waals surface area contributed by atoms with E-state index in [2.05, 4.69) is 5.32 Å². The zero-order valence-corrected chi connectivity index (χ0v) is 11.8. The molecule has 0 spiro atoms. The van der Waals surface area contributed by atoms with Gasteiger partial charge in [0.05, 0.1) is 14.2 Å². The van der Waals surface area contributed by atoms with E-state index in [1.165, 1.54) is 25.7 Å². The molecule has 4 nitrogen and oxygen atoms in total. The molecule has 0 radical (unpaired) electrons. The van der Waals surface area contributed by atoms with Gasteiger partial charge in [-0.05, 0) is 25.0 Å². The molecule has 19 heavy (non-hydrogen) atoms. The summed E-state index contributed by atoms with van der Waals surface area (Å²) in [7, 11) is 3.27. The Morgan fingerprint density at radius 1 is 1.11 bits per heavy atom. The van der Waals surface area contributed by atoms with Crippen molar-refractivity contribution in [3.8, 4) is 17.2 Å². The fourth-order valence-electron chi connectivity index (χ4n) is 2.51. The zero-order valence-electron chi connectivity index (χ0n) is 11.8. The standard InChI is InChI=1S/C15H23NO3/c1-17-13-8-5-9-14(18-2)15(13)19-11-10-16-12-6-3-4-7-12/h5,8-9,12,16H,3-4,6-7,10-11H2,1-2H3. The van der Waals surface area contributed by atoms with Crippen LogP contribution in [0, 0.1) is 0 Å². The first-order valence-corrected chi connectivity index (χ1v) is 6.92. The maximum absolute atomic E-state index is 5.80. The lowest BCUT2D eigenvalue weighted by Gasteiger charge is -2.15. The Morgan fingerprint density at radius 2 is 1.74 bits per heavy atom. The number of para-hydroxylation sites is 1. The Balaban J connectivity index is 1.83. The van der Waals surface area contributed by atoms with Gasteiger partial charge in [0.25, 0.3) is 0 Å². The average molecular weight is 265 g/mol. The summed E-state index contributed by atoms with van der Waals surface area (Å²) in [5, 5.41) is 3.52. The van der Waals surface area contributed by atoms with E-state index in [0.717, 1.165) is 6.54 Å². The third kappa shape index (κ3) is 3.77. The topological polar surface area (TPSA) is 39.7 Å². The van der Waals surface area contributed by atoms with Gasteiger partial charge in [-0.1, -0.05) is 18.9 Å². The second-order valence-electron chi connectivity index (χ2n) is 4.78. The first kappa shape index (κ1) is 14.0. The van der Waals surface area contributed by atoms with Crippen molar-refractivity contribution in [2.24, 2.45) is 0 Å². The minimum absolute atomic E-state index is 0.618. The third-order valence-electron chi connectivity index (χ3n) is 3.52. The summed E-state index contributed by atoms with van der Waals surface area (Å²) < 4.78 is 16.4. The Hall–Kier alpha value is -1.42. The quantitative estimate of drug-likeness (QED) is 0.769. The molecule has 0 aromatic heterocycles. The summed E-state index contributed by atoms with van der Waals surface area (Å²) in [4.78, 5) is 0. The number of benzene rings is 1. The lowest BCUT2D eigenvalue weighted by Crippen LogP contribution is -2.30. The maximum Gasteiger partial charge on any atom is 0.203 e. The molecule has 106 valence electrons. The van der Waals surface area contributed by atoms with Crippen LogP contribution in [0.15, 0.2) is 18.2 Å². The molecule has 1 aliphatic rings. The lowest BCUT2D eigenvalue weighted by molar-refractivity contribution is 0.269. The van der Waals surface area contributed by atoms with E-state index in [1.54, 1.807) is 14.2 Å². The molecule has 0 bridgehead atoms. The van der Waals surface area contributed by atoms with Gasteiger partial charge in [-0.2, -0.15) is 0 Å². The normalized spacial score (nSPS) is 15.5. The van der Waals surface area contributed by atoms with Crippen LogP contribution < -0.4 is 19.5 Å². The van der Waals surface area contributed by atoms with Gasteiger partial charge in [0.1, 0.15) is 6.61 Å². The van der Waals surface area contributed by atoms with Crippen molar-refractivity contribution in [2.45, 2.75) is 31.7 Å². The van der Waals surface area contributed by atoms with E-state index < -0.39 is 0 Å². The Morgan fingerprint density at radius 3 is 2.32 bits per heavy atom. The van der Waals surface area contributed by atoms with Gasteiger partial charge >= 0.3 is 0 Å². The molecular formula is C15H23NO3. The minimum atomic E-state index is 0.618. The molecule has 0 heterocycles. The van der Waals surface area contributed by atoms with E-state index in [1.807, 2.05) is 18.2 Å². The summed E-state index contributed by atoms with van der Waals surface area (Å²) in [5.41, 5.74) is 0. The van der Waals surface area contributed by atoms with Crippen LogP contribution in [-0.2, 0) is 0 Å². The van der Waals surface area contributed by atoms with E-state index in [0.29, 0.717) is 29.9 Å². The molecule has 1 N–H and O–H groups in total. The highest BCUT2D eigenvalue weighted by atomic mass is 16.5. The first-order valence-electron chi connectivity index (χ1n) is 6.92. The van der Waals surface area contributed by atoms with Gasteiger partial charge < -0.3 is 19.5 Å². The zero-order chi connectivity index (χ0) is 13.5. The first-order chi connectivity index (χ1) is 9.35. The lowest BCUT2D eigenvalue weighted by atomic mass is 10.2. The predicted octanol–water partition coefficient (Wildman–Crippen LogP) is 2.61. The van der Waals surface area contributed by atoms with Crippen LogP contribution in [0.1, 0.15) is 25.7 Å². The van der Waals surface area contributed by atoms with Crippen molar-refractivity contribution in [1.29, 1.82) is 0 Å². The van der Waals surface area contributed by atoms with E-state index in [9.17, 15) is 0 Å². The highest BCUT2D eigenvalue weighted by Crippen LogP contribution is 2.36. The second kappa shape index (κ2) is 7.24. The van der Waals surface area contributed by atoms with Crippen LogP contribution in [0.2, 0.25) is 0 Å². The summed E-state index contributed by atoms with van der Waals surface area (Å²) in [6.07, 6.45) is 5.27. The van der Waals surface area contributed by atoms with Gasteiger partial charge in [-0.3, -0.25) is 0 Å². The molecule has 0 amide bonds. The van der Waals surface area contributed by atoms with Crippen LogP contribution in [0.5, 0.6) is 17.2 Å². The Bertz CT molecular complexity index is 367. The highest BCUT2D eigenvalue weighted by Gasteiger charge is 2.14. The van der Waals surface area contributed by atoms with E-state index in [-0.39, 0.29) is 0 Å². The summed E-state index contributed by atoms with van der Waals surface area (Å²) >= 11 is 0. The number of methoxy groups -OCH3 is 2. The number of hydrogen-bond acceptors (Lipinski definition) is 4. The Kier molecular flexibility index (Phi) is 5.33. The average Bonchev–Trinajstić information content (AvgIpc) is 2.96. The van der Waals surface area contributed by atoms with E-state index in [4.69, 9.17) is 14.2 Å². The van der Waals surface area contributed by atoms with Crippen molar-refractivity contribution >= 4 is 0 Å². The molecule has 1 aromatic carbocycles. The molecule has 0 atom stereocenters. The minimum Gasteiger partial charge on any atom is -0.493 e. The smallest absolute Gasteiger partial charge is 0.203 e. The molecule has 0 aliphatic heterocycles. The summed E-state index contributed by atoms with van der Waals surface area (Å²) in [5.74, 6) is 2.10. The number of nitrogens with one attached hydrogen (secondary N) is 1. The van der Waals surface area contributed by atoms with Crippen molar-refractivity contribution in [1.82, 2.24) is 5.32 Å². The van der Waals surface area contributed by atoms with Crippen LogP contribution in [-0.4, -0.2) is 33.4 Å². The molecule has 1 saturated carbocycles. The largest absolute Gasteiger partial charge is 0.493 e. The van der Waals surface area contributed by atoms with Gasteiger partial charge in [0.2, 0.25) is 5.75 Å². The third-order valence-corrected chi connectivity index (χ3v) is 3.52. The molecule has 0 saturated heterocycles. The summed E-state index contributed by atoms with van der Waals surface area (Å²) in [6, 6.07) is 6.31. The number of hydrogen-bond donors (Lipinski definition) is 1. The van der Waals surface area contributed by atoms with Gasteiger partial charge in [-0.15, -0.1) is 0 Å². The fourth-order valence-corrected chi connectivity index (χ4v) is 2.51. The molecular weight excluding hydrogens is 242 g/mol. The molecule has 0 unspecified atom stereocenters. The van der Waals surface area contributed by atoms with Gasteiger partial charge in [-0.25, -0.2) is 0 Å². The molecule has 1 fully saturated rings. The number of rotatable bonds is 7. The van der Waals surface area contributed by atoms with Crippen LogP contribution in [0.25, 0.3) is 0 Å². The van der Waals surface area contributed by atoms with Crippen molar-refractivity contribution in [3.63, 3.8) is 0 Å². The Labute approximate surface area is 115 Å². The van der Waals surface area contributed by atoms with Gasteiger partial charge in [0.15, 0.2) is 11.5 Å². The van der Waals surface area contributed by atoms with Gasteiger partial charge in [0, 0.05) is 12.6 Å². The molecule has 4 heteroatoms. The van der Waals surface area contributed by atoms with Crippen LogP contribution in [0.4, 0.5) is 0 Å². The second-order valence-corrected chi connectivity index (χ2v) is 4.78. The summed E-state index contributed by atoms with van der Waals surface area (Å²) in [6.45, 7) is 1.47.